The molecule has 0 aliphatic heterocycles. The van der Waals surface area contributed by atoms with Crippen molar-refractivity contribution < 1.29 is 13.2 Å². The van der Waals surface area contributed by atoms with Crippen LogP contribution in [0.5, 0.6) is 0 Å². The number of oxazole rings is 1. The molecule has 0 spiro atoms. The van der Waals surface area contributed by atoms with Gasteiger partial charge in [0.05, 0.1) is 0 Å². The monoisotopic (exact) mass is 183 g/mol. The molecule has 0 aliphatic rings. The summed E-state index contributed by atoms with van der Waals surface area (Å²) in [6.07, 6.45) is -2.46. The Morgan fingerprint density at radius 3 is 2.85 bits per heavy atom. The van der Waals surface area contributed by atoms with Crippen LogP contribution in [0, 0.1) is 6.92 Å². The SMILES string of the molecule is Cc1nc2ccc(C(F)F)cc2o1. The smallest absolute Gasteiger partial charge is 0.263 e. The number of hydrogen-bond donors (Lipinski definition) is 0. The van der Waals surface area contributed by atoms with E-state index < -0.39 is 6.43 Å². The number of nitrogens with zero attached hydrogens (tertiary/aromatic N) is 1. The van der Waals surface area contributed by atoms with Gasteiger partial charge >= 0.3 is 0 Å². The second-order valence-corrected chi connectivity index (χ2v) is 2.76. The van der Waals surface area contributed by atoms with Gasteiger partial charge in [0.25, 0.3) is 6.43 Å². The van der Waals surface area contributed by atoms with E-state index in [1.807, 2.05) is 0 Å². The summed E-state index contributed by atoms with van der Waals surface area (Å²) in [5.41, 5.74) is 0.987. The maximum Gasteiger partial charge on any atom is 0.263 e. The third-order valence-corrected chi connectivity index (χ3v) is 1.77. The molecule has 2 rings (SSSR count). The van der Waals surface area contributed by atoms with E-state index in [2.05, 4.69) is 4.98 Å². The van der Waals surface area contributed by atoms with Crippen molar-refractivity contribution in [2.45, 2.75) is 13.3 Å². The van der Waals surface area contributed by atoms with Crippen LogP contribution in [0.2, 0.25) is 0 Å². The van der Waals surface area contributed by atoms with Crippen LogP contribution in [0.25, 0.3) is 11.1 Å². The lowest BCUT2D eigenvalue weighted by Crippen LogP contribution is -1.81. The molecular formula is C9H7F2NO. The molecule has 0 amide bonds. The highest BCUT2D eigenvalue weighted by Crippen LogP contribution is 2.23. The van der Waals surface area contributed by atoms with Gasteiger partial charge < -0.3 is 4.42 Å². The van der Waals surface area contributed by atoms with Crippen LogP contribution in [0.15, 0.2) is 22.6 Å². The fraction of sp³-hybridized carbons (Fsp3) is 0.222. The van der Waals surface area contributed by atoms with E-state index in [0.29, 0.717) is 17.0 Å². The quantitative estimate of drug-likeness (QED) is 0.679. The summed E-state index contributed by atoms with van der Waals surface area (Å²) in [7, 11) is 0. The molecule has 2 nitrogen and oxygen atoms in total. The number of alkyl halides is 2. The standard InChI is InChI=1S/C9H7F2NO/c1-5-12-7-3-2-6(9(10)11)4-8(7)13-5/h2-4,9H,1H3. The number of halogens is 2. The summed E-state index contributed by atoms with van der Waals surface area (Å²) in [5, 5.41) is 0. The first-order chi connectivity index (χ1) is 6.16. The van der Waals surface area contributed by atoms with Gasteiger partial charge in [0.15, 0.2) is 11.5 Å². The Morgan fingerprint density at radius 1 is 1.38 bits per heavy atom. The molecule has 0 bridgehead atoms. The van der Waals surface area contributed by atoms with E-state index in [1.165, 1.54) is 18.2 Å². The number of benzene rings is 1. The first-order valence-electron chi connectivity index (χ1n) is 3.82. The minimum Gasteiger partial charge on any atom is -0.441 e. The van der Waals surface area contributed by atoms with E-state index in [0.717, 1.165) is 0 Å². The molecule has 1 aromatic heterocycles. The molecule has 1 aromatic carbocycles. The highest BCUT2D eigenvalue weighted by molar-refractivity contribution is 5.73. The summed E-state index contributed by atoms with van der Waals surface area (Å²) in [6, 6.07) is 4.21. The lowest BCUT2D eigenvalue weighted by molar-refractivity contribution is 0.151. The van der Waals surface area contributed by atoms with Crippen LogP contribution in [0.3, 0.4) is 0 Å². The Labute approximate surface area is 73.2 Å². The minimum atomic E-state index is -2.46. The maximum atomic E-state index is 12.2. The van der Waals surface area contributed by atoms with Crippen LogP contribution < -0.4 is 0 Å². The first kappa shape index (κ1) is 8.16. The van der Waals surface area contributed by atoms with Crippen molar-refractivity contribution in [2.24, 2.45) is 0 Å². The van der Waals surface area contributed by atoms with Crippen molar-refractivity contribution in [3.63, 3.8) is 0 Å². The van der Waals surface area contributed by atoms with Crippen LogP contribution in [-0.2, 0) is 0 Å². The molecule has 0 saturated heterocycles. The molecule has 0 atom stereocenters. The Balaban J connectivity index is 2.61. The van der Waals surface area contributed by atoms with Crippen molar-refractivity contribution in [1.29, 1.82) is 0 Å². The predicted octanol–water partition coefficient (Wildman–Crippen LogP) is 3.07. The number of fused-ring (bicyclic) bond motifs is 1. The summed E-state index contributed by atoms with van der Waals surface area (Å²) in [6.45, 7) is 1.68. The molecule has 0 saturated carbocycles. The van der Waals surface area contributed by atoms with E-state index in [4.69, 9.17) is 4.42 Å². The topological polar surface area (TPSA) is 26.0 Å². The lowest BCUT2D eigenvalue weighted by atomic mass is 10.2. The van der Waals surface area contributed by atoms with Gasteiger partial charge in [-0.05, 0) is 12.1 Å². The Morgan fingerprint density at radius 2 is 2.15 bits per heavy atom. The van der Waals surface area contributed by atoms with Crippen LogP contribution >= 0.6 is 0 Å². The highest BCUT2D eigenvalue weighted by Gasteiger charge is 2.09. The average Bonchev–Trinajstić information content (AvgIpc) is 2.42. The summed E-state index contributed by atoms with van der Waals surface area (Å²) < 4.78 is 29.6. The number of hydrogen-bond acceptors (Lipinski definition) is 2. The highest BCUT2D eigenvalue weighted by atomic mass is 19.3. The average molecular weight is 183 g/mol. The van der Waals surface area contributed by atoms with Crippen molar-refractivity contribution in [3.8, 4) is 0 Å². The molecule has 0 unspecified atom stereocenters. The van der Waals surface area contributed by atoms with Gasteiger partial charge in [-0.15, -0.1) is 0 Å². The van der Waals surface area contributed by atoms with Crippen LogP contribution in [-0.4, -0.2) is 4.98 Å². The number of aryl methyl sites for hydroxylation is 1. The van der Waals surface area contributed by atoms with Crippen molar-refractivity contribution in [1.82, 2.24) is 4.98 Å². The summed E-state index contributed by atoms with van der Waals surface area (Å²) >= 11 is 0. The number of rotatable bonds is 1. The minimum absolute atomic E-state index is 0.0383. The van der Waals surface area contributed by atoms with E-state index in [-0.39, 0.29) is 5.56 Å². The van der Waals surface area contributed by atoms with Gasteiger partial charge in [0.2, 0.25) is 0 Å². The lowest BCUT2D eigenvalue weighted by Gasteiger charge is -1.96. The van der Waals surface area contributed by atoms with Gasteiger partial charge in [-0.25, -0.2) is 13.8 Å². The Kier molecular flexibility index (Phi) is 1.76. The zero-order valence-electron chi connectivity index (χ0n) is 6.92. The van der Waals surface area contributed by atoms with Crippen LogP contribution in [0.4, 0.5) is 8.78 Å². The zero-order chi connectivity index (χ0) is 9.42. The molecule has 2 aromatic rings. The maximum absolute atomic E-state index is 12.2. The largest absolute Gasteiger partial charge is 0.441 e. The first-order valence-corrected chi connectivity index (χ1v) is 3.82. The molecule has 13 heavy (non-hydrogen) atoms. The molecule has 1 heterocycles. The van der Waals surface area contributed by atoms with Gasteiger partial charge in [-0.2, -0.15) is 0 Å². The zero-order valence-corrected chi connectivity index (χ0v) is 6.92. The molecule has 0 aliphatic carbocycles. The molecule has 68 valence electrons. The second kappa shape index (κ2) is 2.80. The molecular weight excluding hydrogens is 176 g/mol. The molecule has 0 radical (unpaired) electrons. The molecule has 0 fully saturated rings. The third kappa shape index (κ3) is 1.39. The summed E-state index contributed by atoms with van der Waals surface area (Å²) in [5.74, 6) is 0.487. The Hall–Kier alpha value is -1.45. The fourth-order valence-corrected chi connectivity index (χ4v) is 1.19. The van der Waals surface area contributed by atoms with E-state index in [9.17, 15) is 8.78 Å². The third-order valence-electron chi connectivity index (χ3n) is 1.77. The van der Waals surface area contributed by atoms with Crippen molar-refractivity contribution in [3.05, 3.63) is 29.7 Å². The van der Waals surface area contributed by atoms with Crippen molar-refractivity contribution >= 4 is 11.1 Å². The van der Waals surface area contributed by atoms with Gasteiger partial charge in [0, 0.05) is 12.5 Å². The predicted molar refractivity (Wildman–Crippen MR) is 43.7 cm³/mol. The van der Waals surface area contributed by atoms with Gasteiger partial charge in [0.1, 0.15) is 5.52 Å². The Bertz CT molecular complexity index is 436. The van der Waals surface area contributed by atoms with Crippen LogP contribution in [0.1, 0.15) is 17.9 Å². The number of aromatic nitrogens is 1. The molecule has 0 N–H and O–H groups in total. The van der Waals surface area contributed by atoms with Gasteiger partial charge in [-0.3, -0.25) is 0 Å². The summed E-state index contributed by atoms with van der Waals surface area (Å²) in [4.78, 5) is 4.00. The normalized spacial score (nSPS) is 11.4. The van der Waals surface area contributed by atoms with Gasteiger partial charge in [-0.1, -0.05) is 6.07 Å². The van der Waals surface area contributed by atoms with E-state index in [1.54, 1.807) is 6.92 Å². The molecule has 4 heteroatoms. The fourth-order valence-electron chi connectivity index (χ4n) is 1.19. The van der Waals surface area contributed by atoms with E-state index >= 15 is 0 Å². The van der Waals surface area contributed by atoms with Crippen molar-refractivity contribution in [2.75, 3.05) is 0 Å². The second-order valence-electron chi connectivity index (χ2n) is 2.76.